The van der Waals surface area contributed by atoms with Crippen molar-refractivity contribution in [2.75, 3.05) is 39.9 Å². The van der Waals surface area contributed by atoms with Crippen molar-refractivity contribution in [3.05, 3.63) is 36.2 Å². The van der Waals surface area contributed by atoms with Gasteiger partial charge >= 0.3 is 0 Å². The van der Waals surface area contributed by atoms with Gasteiger partial charge in [-0.3, -0.25) is 19.7 Å². The van der Waals surface area contributed by atoms with Crippen LogP contribution in [0.3, 0.4) is 0 Å². The SMILES string of the molecule is COCCN1C[C@H]2CC[C@@H]1CN(C(=O)c1ccc3nccnc3c1)C2. The van der Waals surface area contributed by atoms with Gasteiger partial charge in [0, 0.05) is 57.3 Å². The number of rotatable bonds is 4. The van der Waals surface area contributed by atoms with E-state index in [1.807, 2.05) is 23.1 Å². The van der Waals surface area contributed by atoms with Gasteiger partial charge in [-0.2, -0.15) is 0 Å². The molecular weight excluding hydrogens is 316 g/mol. The summed E-state index contributed by atoms with van der Waals surface area (Å²) in [7, 11) is 1.74. The summed E-state index contributed by atoms with van der Waals surface area (Å²) in [5.41, 5.74) is 2.30. The maximum absolute atomic E-state index is 13.1. The van der Waals surface area contributed by atoms with Crippen LogP contribution in [0.5, 0.6) is 0 Å². The van der Waals surface area contributed by atoms with Crippen molar-refractivity contribution in [1.82, 2.24) is 19.8 Å². The highest BCUT2D eigenvalue weighted by Gasteiger charge is 2.36. The van der Waals surface area contributed by atoms with Crippen LogP contribution in [0.2, 0.25) is 0 Å². The van der Waals surface area contributed by atoms with Crippen molar-refractivity contribution in [1.29, 1.82) is 0 Å². The molecule has 0 saturated carbocycles. The molecule has 132 valence electrons. The molecule has 0 aliphatic carbocycles. The van der Waals surface area contributed by atoms with Gasteiger partial charge in [-0.05, 0) is 37.0 Å². The summed E-state index contributed by atoms with van der Waals surface area (Å²) in [5, 5.41) is 0. The molecule has 3 saturated heterocycles. The van der Waals surface area contributed by atoms with Crippen LogP contribution in [0.4, 0.5) is 0 Å². The van der Waals surface area contributed by atoms with Gasteiger partial charge in [0.2, 0.25) is 0 Å². The van der Waals surface area contributed by atoms with Gasteiger partial charge in [0.25, 0.3) is 5.91 Å². The van der Waals surface area contributed by atoms with Crippen LogP contribution >= 0.6 is 0 Å². The van der Waals surface area contributed by atoms with Crippen molar-refractivity contribution in [2.24, 2.45) is 5.92 Å². The number of carbonyl (C=O) groups is 1. The molecule has 6 heteroatoms. The lowest BCUT2D eigenvalue weighted by molar-refractivity contribution is 0.0718. The van der Waals surface area contributed by atoms with Crippen LogP contribution in [-0.4, -0.2) is 71.6 Å². The van der Waals surface area contributed by atoms with E-state index in [2.05, 4.69) is 14.9 Å². The Bertz CT molecular complexity index is 766. The Morgan fingerprint density at radius 1 is 1.16 bits per heavy atom. The molecule has 3 aliphatic heterocycles. The maximum Gasteiger partial charge on any atom is 0.253 e. The average Bonchev–Trinajstić information content (AvgIpc) is 2.97. The summed E-state index contributed by atoms with van der Waals surface area (Å²) in [6, 6.07) is 6.06. The quantitative estimate of drug-likeness (QED) is 0.850. The molecule has 4 heterocycles. The van der Waals surface area contributed by atoms with E-state index in [1.54, 1.807) is 19.5 Å². The Balaban J connectivity index is 1.53. The summed E-state index contributed by atoms with van der Waals surface area (Å²) >= 11 is 0. The average molecular weight is 340 g/mol. The molecule has 2 bridgehead atoms. The first-order valence-corrected chi connectivity index (χ1v) is 8.97. The molecule has 25 heavy (non-hydrogen) atoms. The minimum Gasteiger partial charge on any atom is -0.383 e. The molecule has 3 fully saturated rings. The number of hydrogen-bond donors (Lipinski definition) is 0. The second kappa shape index (κ2) is 7.06. The Morgan fingerprint density at radius 3 is 2.84 bits per heavy atom. The van der Waals surface area contributed by atoms with Crippen LogP contribution in [-0.2, 0) is 4.74 Å². The molecule has 0 N–H and O–H groups in total. The van der Waals surface area contributed by atoms with Gasteiger partial charge in [-0.25, -0.2) is 0 Å². The number of hydrogen-bond acceptors (Lipinski definition) is 5. The lowest BCUT2D eigenvalue weighted by Gasteiger charge is -2.35. The number of carbonyl (C=O) groups excluding carboxylic acids is 1. The third-order valence-corrected chi connectivity index (χ3v) is 5.41. The fraction of sp³-hybridized carbons (Fsp3) is 0.526. The normalized spacial score (nSPS) is 23.8. The van der Waals surface area contributed by atoms with E-state index < -0.39 is 0 Å². The largest absolute Gasteiger partial charge is 0.383 e. The lowest BCUT2D eigenvalue weighted by atomic mass is 9.95. The molecule has 6 nitrogen and oxygen atoms in total. The fourth-order valence-electron chi connectivity index (χ4n) is 4.11. The first kappa shape index (κ1) is 16.4. The molecule has 2 atom stereocenters. The highest BCUT2D eigenvalue weighted by atomic mass is 16.5. The van der Waals surface area contributed by atoms with E-state index in [4.69, 9.17) is 4.74 Å². The summed E-state index contributed by atoms with van der Waals surface area (Å²) < 4.78 is 5.24. The van der Waals surface area contributed by atoms with Crippen molar-refractivity contribution in [3.8, 4) is 0 Å². The van der Waals surface area contributed by atoms with Crippen LogP contribution in [0.1, 0.15) is 23.2 Å². The van der Waals surface area contributed by atoms with Gasteiger partial charge in [0.1, 0.15) is 0 Å². The van der Waals surface area contributed by atoms with Crippen LogP contribution < -0.4 is 0 Å². The summed E-state index contributed by atoms with van der Waals surface area (Å²) in [5.74, 6) is 0.665. The summed E-state index contributed by atoms with van der Waals surface area (Å²) in [4.78, 5) is 26.2. The highest BCUT2D eigenvalue weighted by molar-refractivity contribution is 5.97. The summed E-state index contributed by atoms with van der Waals surface area (Å²) in [6.07, 6.45) is 5.71. The van der Waals surface area contributed by atoms with Crippen molar-refractivity contribution < 1.29 is 9.53 Å². The van der Waals surface area contributed by atoms with E-state index in [0.717, 1.165) is 43.8 Å². The van der Waals surface area contributed by atoms with E-state index in [1.165, 1.54) is 12.8 Å². The third kappa shape index (κ3) is 3.37. The number of aromatic nitrogens is 2. The molecular formula is C19H24N4O2. The minimum atomic E-state index is 0.109. The third-order valence-electron chi connectivity index (χ3n) is 5.41. The van der Waals surface area contributed by atoms with Crippen molar-refractivity contribution in [3.63, 3.8) is 0 Å². The number of fused-ring (bicyclic) bond motifs is 5. The zero-order valence-corrected chi connectivity index (χ0v) is 14.6. The monoisotopic (exact) mass is 340 g/mol. The van der Waals surface area contributed by atoms with E-state index in [-0.39, 0.29) is 5.91 Å². The van der Waals surface area contributed by atoms with E-state index >= 15 is 0 Å². The molecule has 5 rings (SSSR count). The molecule has 0 spiro atoms. The highest BCUT2D eigenvalue weighted by Crippen LogP contribution is 2.28. The Labute approximate surface area is 147 Å². The number of amides is 1. The minimum absolute atomic E-state index is 0.109. The molecule has 2 aromatic rings. The van der Waals surface area contributed by atoms with Gasteiger partial charge in [0.15, 0.2) is 0 Å². The van der Waals surface area contributed by atoms with Crippen LogP contribution in [0.15, 0.2) is 30.6 Å². The zero-order chi connectivity index (χ0) is 17.2. The number of piperidine rings is 1. The van der Waals surface area contributed by atoms with Crippen molar-refractivity contribution in [2.45, 2.75) is 18.9 Å². The van der Waals surface area contributed by atoms with Crippen LogP contribution in [0.25, 0.3) is 11.0 Å². The molecule has 1 aromatic carbocycles. The summed E-state index contributed by atoms with van der Waals surface area (Å²) in [6.45, 7) is 4.42. The number of benzene rings is 1. The predicted molar refractivity (Wildman–Crippen MR) is 95.4 cm³/mol. The molecule has 1 amide bonds. The number of ether oxygens (including phenoxy) is 1. The standard InChI is InChI=1S/C19H24N4O2/c1-25-9-8-22-11-14-2-4-16(22)13-23(12-14)19(24)15-3-5-17-18(10-15)21-7-6-20-17/h3,5-7,10,14,16H,2,4,8-9,11-13H2,1H3/t14-,16-/m1/s1. The fourth-order valence-corrected chi connectivity index (χ4v) is 4.11. The van der Waals surface area contributed by atoms with Gasteiger partial charge in [0.05, 0.1) is 17.6 Å². The number of methoxy groups -OCH3 is 1. The second-order valence-electron chi connectivity index (χ2n) is 7.05. The molecule has 0 unspecified atom stereocenters. The van der Waals surface area contributed by atoms with Gasteiger partial charge in [-0.15, -0.1) is 0 Å². The Morgan fingerprint density at radius 2 is 2.00 bits per heavy atom. The van der Waals surface area contributed by atoms with Crippen LogP contribution in [0, 0.1) is 5.92 Å². The topological polar surface area (TPSA) is 58.6 Å². The van der Waals surface area contributed by atoms with Gasteiger partial charge < -0.3 is 9.64 Å². The smallest absolute Gasteiger partial charge is 0.253 e. The molecule has 3 aliphatic rings. The number of nitrogens with zero attached hydrogens (tertiary/aromatic N) is 4. The Kier molecular flexibility index (Phi) is 4.63. The first-order chi connectivity index (χ1) is 12.2. The predicted octanol–water partition coefficient (Wildman–Crippen LogP) is 1.81. The lowest BCUT2D eigenvalue weighted by Crippen LogP contribution is -2.45. The maximum atomic E-state index is 13.1. The van der Waals surface area contributed by atoms with Crippen molar-refractivity contribution >= 4 is 16.9 Å². The van der Waals surface area contributed by atoms with Gasteiger partial charge in [-0.1, -0.05) is 0 Å². The molecule has 1 aromatic heterocycles. The zero-order valence-electron chi connectivity index (χ0n) is 14.6. The Hall–Kier alpha value is -2.05. The van der Waals surface area contributed by atoms with E-state index in [9.17, 15) is 4.79 Å². The van der Waals surface area contributed by atoms with E-state index in [0.29, 0.717) is 17.5 Å². The second-order valence-corrected chi connectivity index (χ2v) is 7.05. The first-order valence-electron chi connectivity index (χ1n) is 8.97. The molecule has 0 radical (unpaired) electrons.